The van der Waals surface area contributed by atoms with Gasteiger partial charge in [-0.1, -0.05) is 0 Å². The van der Waals surface area contributed by atoms with Crippen LogP contribution in [0.4, 0.5) is 0 Å². The molecule has 2 aromatic carbocycles. The van der Waals surface area contributed by atoms with Crippen LogP contribution >= 0.6 is 0 Å². The molecule has 0 saturated carbocycles. The molecule has 0 saturated heterocycles. The van der Waals surface area contributed by atoms with Crippen LogP contribution in [0.5, 0.6) is 23.0 Å². The largest absolute Gasteiger partial charge is 0.508 e. The monoisotopic (exact) mass is 328 g/mol. The molecule has 1 N–H and O–H groups in total. The normalized spacial score (nSPS) is 12.5. The summed E-state index contributed by atoms with van der Waals surface area (Å²) in [6, 6.07) is 4.39. The SMILES string of the molecule is COc1ccc2c(c1OC)C(=O)c1cc(O)c(C)c(OC)c1C2=O. The molecule has 0 unspecified atom stereocenters. The first kappa shape index (κ1) is 15.9. The van der Waals surface area contributed by atoms with Crippen molar-refractivity contribution in [2.75, 3.05) is 21.3 Å². The number of carbonyl (C=O) groups is 2. The van der Waals surface area contributed by atoms with Crippen molar-refractivity contribution in [3.63, 3.8) is 0 Å². The number of fused-ring (bicyclic) bond motifs is 2. The van der Waals surface area contributed by atoms with E-state index in [-0.39, 0.29) is 45.3 Å². The molecule has 24 heavy (non-hydrogen) atoms. The number of benzene rings is 2. The van der Waals surface area contributed by atoms with Gasteiger partial charge in [0, 0.05) is 16.7 Å². The molecule has 6 heteroatoms. The molecule has 2 aromatic rings. The van der Waals surface area contributed by atoms with Gasteiger partial charge in [0.1, 0.15) is 11.5 Å². The molecular formula is C18H16O6. The van der Waals surface area contributed by atoms with Crippen molar-refractivity contribution in [2.45, 2.75) is 6.92 Å². The molecule has 0 spiro atoms. The number of ketones is 2. The highest BCUT2D eigenvalue weighted by Crippen LogP contribution is 2.44. The zero-order valence-electron chi connectivity index (χ0n) is 13.7. The average Bonchev–Trinajstić information content (AvgIpc) is 2.59. The first-order valence-electron chi connectivity index (χ1n) is 7.21. The van der Waals surface area contributed by atoms with E-state index in [4.69, 9.17) is 14.2 Å². The first-order valence-corrected chi connectivity index (χ1v) is 7.21. The van der Waals surface area contributed by atoms with Crippen LogP contribution in [0.3, 0.4) is 0 Å². The Bertz CT molecular complexity index is 882. The fourth-order valence-electron chi connectivity index (χ4n) is 3.01. The Kier molecular flexibility index (Phi) is 3.67. The Morgan fingerprint density at radius 3 is 2.00 bits per heavy atom. The zero-order chi connectivity index (χ0) is 17.6. The van der Waals surface area contributed by atoms with E-state index in [0.717, 1.165) is 0 Å². The fraction of sp³-hybridized carbons (Fsp3) is 0.222. The van der Waals surface area contributed by atoms with Crippen LogP contribution in [0.1, 0.15) is 37.4 Å². The molecule has 3 rings (SSSR count). The second-order valence-electron chi connectivity index (χ2n) is 5.36. The van der Waals surface area contributed by atoms with E-state index in [9.17, 15) is 14.7 Å². The molecule has 6 nitrogen and oxygen atoms in total. The Labute approximate surface area is 138 Å². The summed E-state index contributed by atoms with van der Waals surface area (Å²) in [5, 5.41) is 10.1. The topological polar surface area (TPSA) is 82.1 Å². The van der Waals surface area contributed by atoms with Crippen molar-refractivity contribution in [1.82, 2.24) is 0 Å². The summed E-state index contributed by atoms with van der Waals surface area (Å²) in [6.45, 7) is 1.62. The van der Waals surface area contributed by atoms with Crippen LogP contribution in [-0.4, -0.2) is 38.0 Å². The minimum Gasteiger partial charge on any atom is -0.508 e. The second-order valence-corrected chi connectivity index (χ2v) is 5.36. The Morgan fingerprint density at radius 1 is 0.833 bits per heavy atom. The van der Waals surface area contributed by atoms with Gasteiger partial charge in [0.15, 0.2) is 23.1 Å². The minimum absolute atomic E-state index is 0.0824. The van der Waals surface area contributed by atoms with Gasteiger partial charge in [-0.2, -0.15) is 0 Å². The third-order valence-corrected chi connectivity index (χ3v) is 4.20. The van der Waals surface area contributed by atoms with Crippen molar-refractivity contribution in [3.05, 3.63) is 46.0 Å². The predicted molar refractivity (Wildman–Crippen MR) is 85.8 cm³/mol. The molecule has 1 aliphatic rings. The summed E-state index contributed by atoms with van der Waals surface area (Å²) in [5.74, 6) is -0.160. The van der Waals surface area contributed by atoms with Crippen LogP contribution in [0.25, 0.3) is 0 Å². The lowest BCUT2D eigenvalue weighted by Gasteiger charge is -2.23. The molecule has 0 radical (unpaired) electrons. The molecule has 0 atom stereocenters. The number of rotatable bonds is 3. The van der Waals surface area contributed by atoms with Crippen molar-refractivity contribution in [2.24, 2.45) is 0 Å². The van der Waals surface area contributed by atoms with Crippen LogP contribution in [0.15, 0.2) is 18.2 Å². The maximum atomic E-state index is 13.0. The maximum absolute atomic E-state index is 13.0. The summed E-state index contributed by atoms with van der Waals surface area (Å²) < 4.78 is 15.8. The summed E-state index contributed by atoms with van der Waals surface area (Å²) in [6.07, 6.45) is 0. The van der Waals surface area contributed by atoms with E-state index in [1.807, 2.05) is 0 Å². The number of methoxy groups -OCH3 is 3. The molecule has 0 aromatic heterocycles. The van der Waals surface area contributed by atoms with E-state index in [2.05, 4.69) is 0 Å². The minimum atomic E-state index is -0.427. The van der Waals surface area contributed by atoms with Crippen LogP contribution in [-0.2, 0) is 0 Å². The highest BCUT2D eigenvalue weighted by atomic mass is 16.5. The van der Waals surface area contributed by atoms with Crippen LogP contribution in [0.2, 0.25) is 0 Å². The lowest BCUT2D eigenvalue weighted by atomic mass is 9.81. The van der Waals surface area contributed by atoms with Crippen molar-refractivity contribution in [1.29, 1.82) is 0 Å². The van der Waals surface area contributed by atoms with Gasteiger partial charge in [0.2, 0.25) is 0 Å². The number of hydrogen-bond acceptors (Lipinski definition) is 6. The molecule has 0 heterocycles. The van der Waals surface area contributed by atoms with E-state index < -0.39 is 5.78 Å². The highest BCUT2D eigenvalue weighted by Gasteiger charge is 2.37. The van der Waals surface area contributed by atoms with Gasteiger partial charge in [0.05, 0.1) is 32.5 Å². The van der Waals surface area contributed by atoms with Gasteiger partial charge < -0.3 is 19.3 Å². The van der Waals surface area contributed by atoms with E-state index in [1.165, 1.54) is 33.5 Å². The quantitative estimate of drug-likeness (QED) is 0.795. The summed E-state index contributed by atoms with van der Waals surface area (Å²) in [5.41, 5.74) is 0.978. The smallest absolute Gasteiger partial charge is 0.198 e. The average molecular weight is 328 g/mol. The van der Waals surface area contributed by atoms with Gasteiger partial charge in [-0.25, -0.2) is 0 Å². The van der Waals surface area contributed by atoms with Crippen molar-refractivity contribution >= 4 is 11.6 Å². The lowest BCUT2D eigenvalue weighted by Crippen LogP contribution is -2.23. The van der Waals surface area contributed by atoms with Gasteiger partial charge in [0.25, 0.3) is 0 Å². The van der Waals surface area contributed by atoms with E-state index >= 15 is 0 Å². The van der Waals surface area contributed by atoms with Gasteiger partial charge in [-0.05, 0) is 25.1 Å². The molecule has 1 aliphatic carbocycles. The molecule has 0 amide bonds. The van der Waals surface area contributed by atoms with Crippen molar-refractivity contribution in [3.8, 4) is 23.0 Å². The van der Waals surface area contributed by atoms with Crippen LogP contribution < -0.4 is 14.2 Å². The predicted octanol–water partition coefficient (Wildman–Crippen LogP) is 2.50. The Hall–Kier alpha value is -3.02. The van der Waals surface area contributed by atoms with Crippen molar-refractivity contribution < 1.29 is 28.9 Å². The maximum Gasteiger partial charge on any atom is 0.198 e. The molecule has 0 aliphatic heterocycles. The number of aromatic hydroxyl groups is 1. The van der Waals surface area contributed by atoms with E-state index in [1.54, 1.807) is 13.0 Å². The number of phenolic OH excluding ortho intramolecular Hbond substituents is 1. The van der Waals surface area contributed by atoms with Gasteiger partial charge in [-0.15, -0.1) is 0 Å². The number of carbonyl (C=O) groups excluding carboxylic acids is 2. The molecule has 124 valence electrons. The van der Waals surface area contributed by atoms with E-state index in [0.29, 0.717) is 11.3 Å². The van der Waals surface area contributed by atoms with Gasteiger partial charge in [-0.3, -0.25) is 9.59 Å². The molecular weight excluding hydrogens is 312 g/mol. The fourth-order valence-corrected chi connectivity index (χ4v) is 3.01. The van der Waals surface area contributed by atoms with Gasteiger partial charge >= 0.3 is 0 Å². The first-order chi connectivity index (χ1) is 11.5. The Morgan fingerprint density at radius 2 is 1.42 bits per heavy atom. The number of phenols is 1. The third kappa shape index (κ3) is 1.96. The number of ether oxygens (including phenoxy) is 3. The number of hydrogen-bond donors (Lipinski definition) is 1. The van der Waals surface area contributed by atoms with Crippen LogP contribution in [0, 0.1) is 6.92 Å². The summed E-state index contributed by atoms with van der Waals surface area (Å²) in [4.78, 5) is 25.9. The standard InChI is InChI=1S/C18H16O6/c1-8-11(19)7-10-14(17(8)23-3)15(20)9-5-6-12(22-2)18(24-4)13(9)16(10)21/h5-7,19H,1-4H3. The zero-order valence-corrected chi connectivity index (χ0v) is 13.7. The lowest BCUT2D eigenvalue weighted by molar-refractivity contribution is 0.0973. The summed E-state index contributed by atoms with van der Waals surface area (Å²) in [7, 11) is 4.24. The summed E-state index contributed by atoms with van der Waals surface area (Å²) >= 11 is 0. The third-order valence-electron chi connectivity index (χ3n) is 4.20. The Balaban J connectivity index is 2.38. The highest BCUT2D eigenvalue weighted by molar-refractivity contribution is 6.30. The molecule has 0 bridgehead atoms. The molecule has 0 fully saturated rings. The second kappa shape index (κ2) is 5.56.